The van der Waals surface area contributed by atoms with Crippen molar-refractivity contribution in [2.24, 2.45) is 0 Å². The first kappa shape index (κ1) is 11.3. The van der Waals surface area contributed by atoms with Crippen LogP contribution in [0.1, 0.15) is 5.56 Å². The van der Waals surface area contributed by atoms with E-state index in [2.05, 4.69) is 28.5 Å². The minimum absolute atomic E-state index is 0.186. The van der Waals surface area contributed by atoms with Gasteiger partial charge in [0.05, 0.1) is 6.54 Å². The van der Waals surface area contributed by atoms with Crippen LogP contribution < -0.4 is 10.1 Å². The van der Waals surface area contributed by atoms with E-state index in [1.54, 1.807) is 0 Å². The smallest absolute Gasteiger partial charge is 0.138 e. The van der Waals surface area contributed by atoms with E-state index in [0.29, 0.717) is 0 Å². The van der Waals surface area contributed by atoms with Gasteiger partial charge in [-0.1, -0.05) is 24.3 Å². The zero-order valence-corrected chi connectivity index (χ0v) is 11.0. The summed E-state index contributed by atoms with van der Waals surface area (Å²) in [4.78, 5) is 4.28. The van der Waals surface area contributed by atoms with Gasteiger partial charge < -0.3 is 10.1 Å². The van der Waals surface area contributed by atoms with Crippen molar-refractivity contribution in [2.75, 3.05) is 11.9 Å². The second kappa shape index (κ2) is 4.56. The Morgan fingerprint density at radius 2 is 2.15 bits per heavy atom. The molecule has 4 nitrogen and oxygen atoms in total. The van der Waals surface area contributed by atoms with Crippen molar-refractivity contribution in [3.63, 3.8) is 0 Å². The van der Waals surface area contributed by atoms with Gasteiger partial charge in [-0.3, -0.25) is 4.40 Å². The molecule has 0 fully saturated rings. The van der Waals surface area contributed by atoms with Crippen molar-refractivity contribution in [1.82, 2.24) is 9.38 Å². The molecular weight excluding hydrogens is 250 g/mol. The average Bonchev–Trinajstić information content (AvgIpc) is 3.11. The molecule has 0 aliphatic carbocycles. The van der Waals surface area contributed by atoms with Crippen molar-refractivity contribution in [1.29, 1.82) is 0 Å². The summed E-state index contributed by atoms with van der Waals surface area (Å²) in [6.07, 6.45) is 4.92. The second-order valence-corrected chi connectivity index (χ2v) is 5.00. The highest BCUT2D eigenvalue weighted by atomic mass is 16.5. The maximum absolute atomic E-state index is 5.93. The Balaban J connectivity index is 1.48. The number of ether oxygens (including phenoxy) is 1. The van der Waals surface area contributed by atoms with E-state index in [1.807, 2.05) is 41.1 Å². The zero-order chi connectivity index (χ0) is 13.4. The first-order valence-electron chi connectivity index (χ1n) is 6.81. The Kier molecular flexibility index (Phi) is 2.59. The van der Waals surface area contributed by atoms with Crippen LogP contribution in [0.2, 0.25) is 0 Å². The highest BCUT2D eigenvalue weighted by molar-refractivity contribution is 5.50. The summed E-state index contributed by atoms with van der Waals surface area (Å²) in [5.74, 6) is 2.06. The van der Waals surface area contributed by atoms with Gasteiger partial charge in [-0.15, -0.1) is 0 Å². The Morgan fingerprint density at radius 1 is 1.20 bits per heavy atom. The van der Waals surface area contributed by atoms with Gasteiger partial charge in [-0.2, -0.15) is 0 Å². The SMILES string of the molecule is c1ccc2c(c1)CC(CNc1cccc3nccn13)O2. The molecule has 0 spiro atoms. The van der Waals surface area contributed by atoms with Crippen LogP contribution in [0.3, 0.4) is 0 Å². The van der Waals surface area contributed by atoms with E-state index in [4.69, 9.17) is 4.74 Å². The van der Waals surface area contributed by atoms with Crippen LogP contribution in [-0.4, -0.2) is 22.0 Å². The monoisotopic (exact) mass is 265 g/mol. The predicted molar refractivity (Wildman–Crippen MR) is 78.2 cm³/mol. The molecule has 3 heterocycles. The molecular formula is C16H15N3O. The molecule has 0 saturated carbocycles. The zero-order valence-electron chi connectivity index (χ0n) is 11.0. The molecule has 0 amide bonds. The molecule has 1 unspecified atom stereocenters. The third-order valence-corrected chi connectivity index (χ3v) is 3.65. The molecule has 4 heteroatoms. The average molecular weight is 265 g/mol. The molecule has 3 aromatic rings. The number of para-hydroxylation sites is 1. The van der Waals surface area contributed by atoms with Crippen molar-refractivity contribution >= 4 is 11.5 Å². The Bertz CT molecular complexity index is 725. The second-order valence-electron chi connectivity index (χ2n) is 5.00. The molecule has 1 aliphatic heterocycles. The van der Waals surface area contributed by atoms with Gasteiger partial charge in [0, 0.05) is 18.8 Å². The molecule has 100 valence electrons. The number of hydrogen-bond acceptors (Lipinski definition) is 3. The van der Waals surface area contributed by atoms with Crippen molar-refractivity contribution in [3.8, 4) is 5.75 Å². The van der Waals surface area contributed by atoms with Gasteiger partial charge in [0.1, 0.15) is 23.3 Å². The van der Waals surface area contributed by atoms with E-state index >= 15 is 0 Å². The highest BCUT2D eigenvalue weighted by Crippen LogP contribution is 2.28. The number of hydrogen-bond donors (Lipinski definition) is 1. The number of benzene rings is 1. The van der Waals surface area contributed by atoms with Crippen LogP contribution in [0.15, 0.2) is 54.9 Å². The number of fused-ring (bicyclic) bond motifs is 2. The summed E-state index contributed by atoms with van der Waals surface area (Å²) in [6, 6.07) is 14.3. The molecule has 4 rings (SSSR count). The van der Waals surface area contributed by atoms with Gasteiger partial charge in [-0.05, 0) is 23.8 Å². The van der Waals surface area contributed by atoms with Crippen LogP contribution in [-0.2, 0) is 6.42 Å². The lowest BCUT2D eigenvalue weighted by Crippen LogP contribution is -2.24. The predicted octanol–water partition coefficient (Wildman–Crippen LogP) is 2.75. The van der Waals surface area contributed by atoms with Gasteiger partial charge in [0.15, 0.2) is 0 Å². The van der Waals surface area contributed by atoms with Crippen molar-refractivity contribution in [2.45, 2.75) is 12.5 Å². The summed E-state index contributed by atoms with van der Waals surface area (Å²) in [7, 11) is 0. The van der Waals surface area contributed by atoms with Crippen LogP contribution in [0.5, 0.6) is 5.75 Å². The molecule has 0 radical (unpaired) electrons. The fourth-order valence-electron chi connectivity index (χ4n) is 2.68. The fraction of sp³-hybridized carbons (Fsp3) is 0.188. The number of nitrogens with one attached hydrogen (secondary N) is 1. The van der Waals surface area contributed by atoms with E-state index in [0.717, 1.165) is 30.2 Å². The van der Waals surface area contributed by atoms with Gasteiger partial charge in [-0.25, -0.2) is 4.98 Å². The molecule has 1 atom stereocenters. The van der Waals surface area contributed by atoms with E-state index in [1.165, 1.54) is 5.56 Å². The summed E-state index contributed by atoms with van der Waals surface area (Å²) in [5.41, 5.74) is 2.24. The molecule has 0 saturated heterocycles. The Hall–Kier alpha value is -2.49. The normalized spacial score (nSPS) is 16.9. The molecule has 1 aliphatic rings. The summed E-state index contributed by atoms with van der Waals surface area (Å²) < 4.78 is 7.98. The number of anilines is 1. The minimum Gasteiger partial charge on any atom is -0.488 e. The van der Waals surface area contributed by atoms with Gasteiger partial charge in [0.2, 0.25) is 0 Å². The summed E-state index contributed by atoms with van der Waals surface area (Å²) in [5, 5.41) is 3.45. The fourth-order valence-corrected chi connectivity index (χ4v) is 2.68. The lowest BCUT2D eigenvalue weighted by atomic mass is 10.1. The summed E-state index contributed by atoms with van der Waals surface area (Å²) in [6.45, 7) is 0.784. The van der Waals surface area contributed by atoms with Crippen molar-refractivity contribution in [3.05, 3.63) is 60.4 Å². The molecule has 20 heavy (non-hydrogen) atoms. The summed E-state index contributed by atoms with van der Waals surface area (Å²) >= 11 is 0. The number of pyridine rings is 1. The molecule has 1 aromatic carbocycles. The van der Waals surface area contributed by atoms with Crippen LogP contribution in [0.4, 0.5) is 5.82 Å². The maximum Gasteiger partial charge on any atom is 0.138 e. The van der Waals surface area contributed by atoms with Crippen molar-refractivity contribution < 1.29 is 4.74 Å². The highest BCUT2D eigenvalue weighted by Gasteiger charge is 2.21. The Morgan fingerprint density at radius 3 is 3.10 bits per heavy atom. The van der Waals surface area contributed by atoms with E-state index in [9.17, 15) is 0 Å². The van der Waals surface area contributed by atoms with Crippen LogP contribution in [0.25, 0.3) is 5.65 Å². The van der Waals surface area contributed by atoms with Crippen LogP contribution >= 0.6 is 0 Å². The maximum atomic E-state index is 5.93. The third kappa shape index (κ3) is 1.90. The molecule has 0 bridgehead atoms. The standard InChI is InChI=1S/C16H15N3O/c1-2-5-14-12(4-1)10-13(20-14)11-18-16-7-3-6-15-17-8-9-19(15)16/h1-9,13,18H,10-11H2. The topological polar surface area (TPSA) is 38.6 Å². The number of rotatable bonds is 3. The number of nitrogens with zero attached hydrogens (tertiary/aromatic N) is 2. The van der Waals surface area contributed by atoms with Gasteiger partial charge >= 0.3 is 0 Å². The van der Waals surface area contributed by atoms with Crippen LogP contribution in [0, 0.1) is 0 Å². The van der Waals surface area contributed by atoms with E-state index in [-0.39, 0.29) is 6.10 Å². The quantitative estimate of drug-likeness (QED) is 0.791. The lowest BCUT2D eigenvalue weighted by Gasteiger charge is -2.14. The largest absolute Gasteiger partial charge is 0.488 e. The molecule has 1 N–H and O–H groups in total. The first-order valence-corrected chi connectivity index (χ1v) is 6.81. The Labute approximate surface area is 117 Å². The van der Waals surface area contributed by atoms with Gasteiger partial charge in [0.25, 0.3) is 0 Å². The lowest BCUT2D eigenvalue weighted by molar-refractivity contribution is 0.246. The van der Waals surface area contributed by atoms with E-state index < -0.39 is 0 Å². The first-order chi connectivity index (χ1) is 9.90. The minimum atomic E-state index is 0.186. The third-order valence-electron chi connectivity index (χ3n) is 3.65. The number of aromatic nitrogens is 2. The number of imidazole rings is 1. The molecule has 2 aromatic heterocycles.